The smallest absolute Gasteiger partial charge is 0.193 e. The molecule has 0 aliphatic carbocycles. The van der Waals surface area contributed by atoms with Gasteiger partial charge < -0.3 is 16.0 Å². The molecule has 0 amide bonds. The molecule has 0 saturated carbocycles. The van der Waals surface area contributed by atoms with Crippen molar-refractivity contribution < 1.29 is 0 Å². The predicted molar refractivity (Wildman–Crippen MR) is 109 cm³/mol. The summed E-state index contributed by atoms with van der Waals surface area (Å²) < 4.78 is 0. The Morgan fingerprint density at radius 3 is 2.46 bits per heavy atom. The van der Waals surface area contributed by atoms with Crippen LogP contribution in [-0.2, 0) is 13.1 Å². The van der Waals surface area contributed by atoms with Gasteiger partial charge in [0.1, 0.15) is 0 Å². The van der Waals surface area contributed by atoms with Crippen molar-refractivity contribution in [3.63, 3.8) is 0 Å². The first kappa shape index (κ1) is 18.4. The van der Waals surface area contributed by atoms with Gasteiger partial charge in [0.05, 0.1) is 6.54 Å². The van der Waals surface area contributed by atoms with Gasteiger partial charge >= 0.3 is 0 Å². The fourth-order valence-corrected chi connectivity index (χ4v) is 3.15. The number of nitrogens with zero attached hydrogens (tertiary/aromatic N) is 3. The van der Waals surface area contributed by atoms with Crippen LogP contribution in [0.3, 0.4) is 0 Å². The summed E-state index contributed by atoms with van der Waals surface area (Å²) in [5, 5.41) is 3.10. The van der Waals surface area contributed by atoms with E-state index in [-0.39, 0.29) is 0 Å². The van der Waals surface area contributed by atoms with E-state index in [1.165, 1.54) is 30.6 Å². The van der Waals surface area contributed by atoms with Crippen molar-refractivity contribution in [1.29, 1.82) is 0 Å². The summed E-state index contributed by atoms with van der Waals surface area (Å²) in [5.74, 6) is 0.439. The SMILES string of the molecule is CN1CCCN(Cc2ccc(CN=C(N)Nc3ccccc3)cc2)CC1. The second-order valence-corrected chi connectivity index (χ2v) is 6.94. The van der Waals surface area contributed by atoms with Crippen molar-refractivity contribution >= 4 is 11.6 Å². The lowest BCUT2D eigenvalue weighted by atomic mass is 10.1. The minimum atomic E-state index is 0.439. The van der Waals surface area contributed by atoms with E-state index in [4.69, 9.17) is 5.73 Å². The summed E-state index contributed by atoms with van der Waals surface area (Å²) >= 11 is 0. The van der Waals surface area contributed by atoms with Crippen molar-refractivity contribution in [2.24, 2.45) is 10.7 Å². The van der Waals surface area contributed by atoms with Gasteiger partial charge in [-0.3, -0.25) is 4.90 Å². The zero-order valence-corrected chi connectivity index (χ0v) is 15.6. The van der Waals surface area contributed by atoms with Crippen molar-refractivity contribution in [3.05, 3.63) is 65.7 Å². The molecule has 5 heteroatoms. The molecule has 1 aliphatic rings. The number of para-hydroxylation sites is 1. The van der Waals surface area contributed by atoms with E-state index in [0.717, 1.165) is 25.3 Å². The molecule has 5 nitrogen and oxygen atoms in total. The number of nitrogens with two attached hydrogens (primary N) is 1. The molecule has 0 unspecified atom stereocenters. The summed E-state index contributed by atoms with van der Waals surface area (Å²) in [6.07, 6.45) is 1.25. The summed E-state index contributed by atoms with van der Waals surface area (Å²) in [7, 11) is 2.21. The topological polar surface area (TPSA) is 56.9 Å². The first-order valence-electron chi connectivity index (χ1n) is 9.30. The molecule has 3 rings (SSSR count). The Balaban J connectivity index is 1.50. The average molecular weight is 351 g/mol. The maximum Gasteiger partial charge on any atom is 0.193 e. The van der Waals surface area contributed by atoms with Crippen LogP contribution in [0.15, 0.2) is 59.6 Å². The minimum Gasteiger partial charge on any atom is -0.370 e. The predicted octanol–water partition coefficient (Wildman–Crippen LogP) is 2.75. The highest BCUT2D eigenvalue weighted by Crippen LogP contribution is 2.11. The van der Waals surface area contributed by atoms with Crippen LogP contribution < -0.4 is 11.1 Å². The number of likely N-dealkylation sites (N-methyl/N-ethyl adjacent to an activating group) is 1. The summed E-state index contributed by atoms with van der Waals surface area (Å²) in [6, 6.07) is 18.6. The summed E-state index contributed by atoms with van der Waals surface area (Å²) in [4.78, 5) is 9.37. The number of aliphatic imine (C=N–C) groups is 1. The van der Waals surface area contributed by atoms with Crippen LogP contribution in [0.5, 0.6) is 0 Å². The van der Waals surface area contributed by atoms with Gasteiger partial charge in [0.2, 0.25) is 0 Å². The molecule has 138 valence electrons. The van der Waals surface area contributed by atoms with E-state index in [1.54, 1.807) is 0 Å². The van der Waals surface area contributed by atoms with Gasteiger partial charge in [-0.15, -0.1) is 0 Å². The first-order chi connectivity index (χ1) is 12.7. The third-order valence-corrected chi connectivity index (χ3v) is 4.72. The van der Waals surface area contributed by atoms with E-state index < -0.39 is 0 Å². The minimum absolute atomic E-state index is 0.439. The summed E-state index contributed by atoms with van der Waals surface area (Å²) in [5.41, 5.74) is 9.44. The number of hydrogen-bond donors (Lipinski definition) is 2. The Morgan fingerprint density at radius 1 is 0.962 bits per heavy atom. The molecule has 0 aromatic heterocycles. The highest BCUT2D eigenvalue weighted by Gasteiger charge is 2.12. The van der Waals surface area contributed by atoms with Crippen LogP contribution in [0.2, 0.25) is 0 Å². The van der Waals surface area contributed by atoms with Gasteiger partial charge in [0.25, 0.3) is 0 Å². The fourth-order valence-electron chi connectivity index (χ4n) is 3.15. The van der Waals surface area contributed by atoms with E-state index in [2.05, 4.69) is 51.4 Å². The Bertz CT molecular complexity index is 696. The van der Waals surface area contributed by atoms with Gasteiger partial charge in [0.15, 0.2) is 5.96 Å². The molecule has 1 fully saturated rings. The van der Waals surface area contributed by atoms with Crippen LogP contribution in [0.25, 0.3) is 0 Å². The molecule has 0 spiro atoms. The number of benzene rings is 2. The Morgan fingerprint density at radius 2 is 1.69 bits per heavy atom. The van der Waals surface area contributed by atoms with Crippen LogP contribution in [0, 0.1) is 0 Å². The Labute approximate surface area is 156 Å². The van der Waals surface area contributed by atoms with Gasteiger partial charge in [-0.2, -0.15) is 0 Å². The lowest BCUT2D eigenvalue weighted by Gasteiger charge is -2.20. The molecule has 0 radical (unpaired) electrons. The van der Waals surface area contributed by atoms with E-state index >= 15 is 0 Å². The third-order valence-electron chi connectivity index (χ3n) is 4.72. The number of rotatable bonds is 5. The molecule has 1 saturated heterocycles. The normalized spacial score (nSPS) is 17.0. The molecule has 0 bridgehead atoms. The number of guanidine groups is 1. The molecule has 2 aromatic rings. The molecule has 1 heterocycles. The van der Waals surface area contributed by atoms with Crippen molar-refractivity contribution in [2.45, 2.75) is 19.5 Å². The van der Waals surface area contributed by atoms with Crippen molar-refractivity contribution in [3.8, 4) is 0 Å². The Hall–Kier alpha value is -2.37. The van der Waals surface area contributed by atoms with Gasteiger partial charge in [0, 0.05) is 25.3 Å². The highest BCUT2D eigenvalue weighted by molar-refractivity contribution is 5.92. The average Bonchev–Trinajstić information content (AvgIpc) is 2.86. The van der Waals surface area contributed by atoms with Gasteiger partial charge in [-0.25, -0.2) is 4.99 Å². The molecule has 0 atom stereocenters. The van der Waals surface area contributed by atoms with E-state index in [9.17, 15) is 0 Å². The lowest BCUT2D eigenvalue weighted by molar-refractivity contribution is 0.269. The summed E-state index contributed by atoms with van der Waals surface area (Å²) in [6.45, 7) is 6.28. The Kier molecular flexibility index (Phi) is 6.63. The molecule has 26 heavy (non-hydrogen) atoms. The van der Waals surface area contributed by atoms with Crippen molar-refractivity contribution in [1.82, 2.24) is 9.80 Å². The zero-order chi connectivity index (χ0) is 18.2. The molecule has 1 aliphatic heterocycles. The number of nitrogens with one attached hydrogen (secondary N) is 1. The lowest BCUT2D eigenvalue weighted by Crippen LogP contribution is -2.28. The van der Waals surface area contributed by atoms with Crippen molar-refractivity contribution in [2.75, 3.05) is 38.5 Å². The van der Waals surface area contributed by atoms with Crippen LogP contribution >= 0.6 is 0 Å². The van der Waals surface area contributed by atoms with E-state index in [1.807, 2.05) is 30.3 Å². The molecular weight excluding hydrogens is 322 g/mol. The first-order valence-corrected chi connectivity index (χ1v) is 9.30. The monoisotopic (exact) mass is 351 g/mol. The van der Waals surface area contributed by atoms with Gasteiger partial charge in [-0.05, 0) is 49.8 Å². The fraction of sp³-hybridized carbons (Fsp3) is 0.381. The van der Waals surface area contributed by atoms with Crippen LogP contribution in [-0.4, -0.2) is 49.0 Å². The third kappa shape index (κ3) is 5.86. The van der Waals surface area contributed by atoms with Crippen LogP contribution in [0.4, 0.5) is 5.69 Å². The molecule has 3 N–H and O–H groups in total. The molecule has 2 aromatic carbocycles. The largest absolute Gasteiger partial charge is 0.370 e. The zero-order valence-electron chi connectivity index (χ0n) is 15.6. The van der Waals surface area contributed by atoms with Gasteiger partial charge in [-0.1, -0.05) is 42.5 Å². The highest BCUT2D eigenvalue weighted by atomic mass is 15.2. The molecular formula is C21H29N5. The van der Waals surface area contributed by atoms with E-state index in [0.29, 0.717) is 12.5 Å². The quantitative estimate of drug-likeness (QED) is 0.642. The number of hydrogen-bond acceptors (Lipinski definition) is 3. The second-order valence-electron chi connectivity index (χ2n) is 6.94. The second kappa shape index (κ2) is 9.36. The standard InChI is InChI=1S/C21H29N5/c1-25-12-5-13-26(15-14-25)17-19-10-8-18(9-11-19)16-23-21(22)24-20-6-3-2-4-7-20/h2-4,6-11H,5,12-17H2,1H3,(H3,22,23,24). The maximum absolute atomic E-state index is 5.96. The number of anilines is 1. The van der Waals surface area contributed by atoms with Crippen LogP contribution in [0.1, 0.15) is 17.5 Å². The maximum atomic E-state index is 5.96.